The van der Waals surface area contributed by atoms with Gasteiger partial charge in [-0.2, -0.15) is 0 Å². The molecule has 0 N–H and O–H groups in total. The van der Waals surface area contributed by atoms with E-state index < -0.39 is 22.6 Å². The first-order chi connectivity index (χ1) is 6.43. The number of pyridine rings is 1. The van der Waals surface area contributed by atoms with Gasteiger partial charge < -0.3 is 0 Å². The fourth-order valence-electron chi connectivity index (χ4n) is 1.000. The largest absolute Gasteiger partial charge is 0.309 e. The van der Waals surface area contributed by atoms with Crippen molar-refractivity contribution in [3.05, 3.63) is 31.1 Å². The fraction of sp³-hybridized carbons (Fsp3) is 0.286. The van der Waals surface area contributed by atoms with Gasteiger partial charge in [-0.05, 0) is 35.6 Å². The third-order valence-electron chi connectivity index (χ3n) is 1.53. The number of aryl methyl sites for hydroxylation is 1. The zero-order valence-corrected chi connectivity index (χ0v) is 9.16. The van der Waals surface area contributed by atoms with E-state index in [-0.39, 0.29) is 3.70 Å². The molecule has 0 saturated carbocycles. The van der Waals surface area contributed by atoms with Crippen molar-refractivity contribution in [2.45, 2.75) is 13.3 Å². The van der Waals surface area contributed by atoms with Gasteiger partial charge in [0.15, 0.2) is 3.70 Å². The first-order valence-electron chi connectivity index (χ1n) is 3.53. The summed E-state index contributed by atoms with van der Waals surface area (Å²) in [5.41, 5.74) is -0.839. The number of hydrogen-bond acceptors (Lipinski definition) is 3. The molecule has 1 rings (SSSR count). The standard InChI is InChI=1S/C7H5F2IN2O2/c1-3-2-4(6(8)9)5(12(13)14)7(10)11-3/h2,6H,1H3. The van der Waals surface area contributed by atoms with Gasteiger partial charge in [0.25, 0.3) is 6.43 Å². The molecule has 0 saturated heterocycles. The molecule has 0 fully saturated rings. The highest BCUT2D eigenvalue weighted by Gasteiger charge is 2.26. The van der Waals surface area contributed by atoms with E-state index in [1.807, 2.05) is 0 Å². The second-order valence-electron chi connectivity index (χ2n) is 2.55. The van der Waals surface area contributed by atoms with Crippen molar-refractivity contribution in [2.24, 2.45) is 0 Å². The van der Waals surface area contributed by atoms with Crippen LogP contribution in [-0.4, -0.2) is 9.91 Å². The average molecular weight is 314 g/mol. The van der Waals surface area contributed by atoms with Crippen molar-refractivity contribution in [1.29, 1.82) is 0 Å². The van der Waals surface area contributed by atoms with E-state index in [2.05, 4.69) is 4.98 Å². The van der Waals surface area contributed by atoms with Gasteiger partial charge in [0.2, 0.25) is 0 Å². The minimum atomic E-state index is -2.86. The van der Waals surface area contributed by atoms with E-state index in [9.17, 15) is 18.9 Å². The molecule has 7 heteroatoms. The molecule has 0 aliphatic heterocycles. The fourth-order valence-corrected chi connectivity index (χ4v) is 1.89. The smallest absolute Gasteiger partial charge is 0.258 e. The maximum Gasteiger partial charge on any atom is 0.309 e. The highest BCUT2D eigenvalue weighted by molar-refractivity contribution is 14.1. The number of aromatic nitrogens is 1. The molecule has 0 amide bonds. The van der Waals surface area contributed by atoms with Gasteiger partial charge in [-0.3, -0.25) is 10.1 Å². The SMILES string of the molecule is Cc1cc(C(F)F)c([N+](=O)[O-])c(I)n1. The normalized spacial score (nSPS) is 10.6. The summed E-state index contributed by atoms with van der Waals surface area (Å²) in [5, 5.41) is 10.5. The van der Waals surface area contributed by atoms with E-state index in [4.69, 9.17) is 0 Å². The summed E-state index contributed by atoms with van der Waals surface area (Å²) in [4.78, 5) is 13.4. The highest BCUT2D eigenvalue weighted by Crippen LogP contribution is 2.32. The molecule has 0 atom stereocenters. The van der Waals surface area contributed by atoms with Crippen molar-refractivity contribution < 1.29 is 13.7 Å². The van der Waals surface area contributed by atoms with Crippen LogP contribution in [0.4, 0.5) is 14.5 Å². The second kappa shape index (κ2) is 4.11. The van der Waals surface area contributed by atoms with Crippen LogP contribution in [0.25, 0.3) is 0 Å². The average Bonchev–Trinajstić information content (AvgIpc) is 2.01. The summed E-state index contributed by atoms with van der Waals surface area (Å²) in [6.07, 6.45) is -2.86. The maximum atomic E-state index is 12.4. The van der Waals surface area contributed by atoms with E-state index in [1.54, 1.807) is 22.6 Å². The zero-order chi connectivity index (χ0) is 10.9. The van der Waals surface area contributed by atoms with Crippen LogP contribution in [0.15, 0.2) is 6.07 Å². The summed E-state index contributed by atoms with van der Waals surface area (Å²) in [6, 6.07) is 1.03. The molecule has 76 valence electrons. The van der Waals surface area contributed by atoms with Gasteiger partial charge in [0, 0.05) is 5.69 Å². The molecule has 0 unspecified atom stereocenters. The molecular weight excluding hydrogens is 309 g/mol. The molecular formula is C7H5F2IN2O2. The third-order valence-corrected chi connectivity index (χ3v) is 2.28. The number of rotatable bonds is 2. The van der Waals surface area contributed by atoms with Crippen molar-refractivity contribution >= 4 is 28.3 Å². The number of hydrogen-bond donors (Lipinski definition) is 0. The van der Waals surface area contributed by atoms with Crippen LogP contribution in [0.2, 0.25) is 0 Å². The van der Waals surface area contributed by atoms with Gasteiger partial charge in [0.05, 0.1) is 4.92 Å². The molecule has 0 aromatic carbocycles. The molecule has 0 bridgehead atoms. The third kappa shape index (κ3) is 2.14. The molecule has 1 aromatic rings. The topological polar surface area (TPSA) is 56.0 Å². The Bertz CT molecular complexity index is 384. The van der Waals surface area contributed by atoms with Gasteiger partial charge >= 0.3 is 5.69 Å². The molecule has 1 heterocycles. The van der Waals surface area contributed by atoms with Crippen LogP contribution in [-0.2, 0) is 0 Å². The Morgan fingerprint density at radius 3 is 2.64 bits per heavy atom. The quantitative estimate of drug-likeness (QED) is 0.365. The molecule has 14 heavy (non-hydrogen) atoms. The summed E-state index contributed by atoms with van der Waals surface area (Å²) < 4.78 is 24.8. The van der Waals surface area contributed by atoms with E-state index in [0.717, 1.165) is 6.07 Å². The van der Waals surface area contributed by atoms with Crippen LogP contribution in [0.1, 0.15) is 17.7 Å². The molecule has 0 radical (unpaired) electrons. The van der Waals surface area contributed by atoms with E-state index in [0.29, 0.717) is 5.69 Å². The minimum absolute atomic E-state index is 0.0112. The molecule has 0 aliphatic rings. The monoisotopic (exact) mass is 314 g/mol. The van der Waals surface area contributed by atoms with Gasteiger partial charge in [-0.25, -0.2) is 13.8 Å². The summed E-state index contributed by atoms with van der Waals surface area (Å²) >= 11 is 1.57. The second-order valence-corrected chi connectivity index (χ2v) is 3.57. The molecule has 0 spiro atoms. The number of nitrogens with zero attached hydrogens (tertiary/aromatic N) is 2. The van der Waals surface area contributed by atoms with Crippen molar-refractivity contribution in [3.63, 3.8) is 0 Å². The lowest BCUT2D eigenvalue weighted by molar-refractivity contribution is -0.387. The Labute approximate surface area is 91.6 Å². The minimum Gasteiger partial charge on any atom is -0.258 e. The summed E-state index contributed by atoms with van der Waals surface area (Å²) in [7, 11) is 0. The zero-order valence-electron chi connectivity index (χ0n) is 7.00. The first-order valence-corrected chi connectivity index (χ1v) is 4.61. The maximum absolute atomic E-state index is 12.4. The van der Waals surface area contributed by atoms with Crippen LogP contribution in [0, 0.1) is 20.7 Å². The lowest BCUT2D eigenvalue weighted by atomic mass is 10.2. The van der Waals surface area contributed by atoms with Crippen LogP contribution in [0.3, 0.4) is 0 Å². The van der Waals surface area contributed by atoms with Gasteiger partial charge in [0.1, 0.15) is 5.56 Å². The van der Waals surface area contributed by atoms with E-state index in [1.165, 1.54) is 6.92 Å². The lowest BCUT2D eigenvalue weighted by Crippen LogP contribution is -2.02. The Balaban J connectivity index is 3.44. The molecule has 4 nitrogen and oxygen atoms in total. The van der Waals surface area contributed by atoms with Crippen molar-refractivity contribution in [2.75, 3.05) is 0 Å². The summed E-state index contributed by atoms with van der Waals surface area (Å²) in [5.74, 6) is 0. The first kappa shape index (κ1) is 11.2. The van der Waals surface area contributed by atoms with Crippen LogP contribution in [0.5, 0.6) is 0 Å². The van der Waals surface area contributed by atoms with E-state index >= 15 is 0 Å². The Morgan fingerprint density at radius 2 is 2.21 bits per heavy atom. The van der Waals surface area contributed by atoms with Crippen LogP contribution < -0.4 is 0 Å². The van der Waals surface area contributed by atoms with Crippen molar-refractivity contribution in [3.8, 4) is 0 Å². The van der Waals surface area contributed by atoms with Crippen LogP contribution >= 0.6 is 22.6 Å². The number of alkyl halides is 2. The Kier molecular flexibility index (Phi) is 3.29. The van der Waals surface area contributed by atoms with Gasteiger partial charge in [-0.1, -0.05) is 0 Å². The lowest BCUT2D eigenvalue weighted by Gasteiger charge is -2.03. The summed E-state index contributed by atoms with van der Waals surface area (Å²) in [6.45, 7) is 1.51. The number of nitro groups is 1. The molecule has 1 aromatic heterocycles. The Hall–Kier alpha value is -0.860. The van der Waals surface area contributed by atoms with Crippen molar-refractivity contribution in [1.82, 2.24) is 4.98 Å². The predicted octanol–water partition coefficient (Wildman–Crippen LogP) is 2.84. The molecule has 0 aliphatic carbocycles. The Morgan fingerprint density at radius 1 is 1.64 bits per heavy atom. The highest BCUT2D eigenvalue weighted by atomic mass is 127. The number of halogens is 3. The van der Waals surface area contributed by atoms with Gasteiger partial charge in [-0.15, -0.1) is 0 Å². The predicted molar refractivity (Wildman–Crippen MR) is 53.3 cm³/mol.